The number of anilines is 1. The first-order chi connectivity index (χ1) is 13.8. The second-order valence-corrected chi connectivity index (χ2v) is 8.61. The molecule has 0 radical (unpaired) electrons. The summed E-state index contributed by atoms with van der Waals surface area (Å²) in [7, 11) is 0. The number of amides is 1. The summed E-state index contributed by atoms with van der Waals surface area (Å²) in [5, 5.41) is 2.09. The third-order valence-corrected chi connectivity index (χ3v) is 7.11. The van der Waals surface area contributed by atoms with Gasteiger partial charge in [-0.05, 0) is 55.7 Å². The molecule has 1 spiro atoms. The van der Waals surface area contributed by atoms with E-state index in [9.17, 15) is 4.79 Å². The molecule has 0 N–H and O–H groups in total. The average molecular weight is 394 g/mol. The summed E-state index contributed by atoms with van der Waals surface area (Å²) in [5.41, 5.74) is 1.85. The van der Waals surface area contributed by atoms with Crippen LogP contribution >= 0.6 is 11.3 Å². The monoisotopic (exact) mass is 393 g/mol. The van der Waals surface area contributed by atoms with Gasteiger partial charge in [0.25, 0.3) is 5.91 Å². The van der Waals surface area contributed by atoms with Crippen LogP contribution in [0.25, 0.3) is 10.2 Å². The van der Waals surface area contributed by atoms with Crippen molar-refractivity contribution in [2.24, 2.45) is 0 Å². The molecule has 1 atom stereocenters. The number of hydrogen-bond donors (Lipinski definition) is 0. The molecule has 3 aromatic rings. The average Bonchev–Trinajstić information content (AvgIpc) is 3.32. The highest BCUT2D eigenvalue weighted by atomic mass is 32.1. The first-order valence-corrected chi connectivity index (χ1v) is 10.8. The normalized spacial score (nSPS) is 22.7. The fourth-order valence-corrected chi connectivity index (χ4v) is 5.66. The van der Waals surface area contributed by atoms with Crippen LogP contribution in [0.5, 0.6) is 0 Å². The van der Waals surface area contributed by atoms with Crippen LogP contribution in [-0.2, 0) is 0 Å². The lowest BCUT2D eigenvalue weighted by atomic mass is 9.87. The van der Waals surface area contributed by atoms with Gasteiger partial charge in [0, 0.05) is 43.1 Å². The minimum absolute atomic E-state index is 0.0958. The number of likely N-dealkylation sites (tertiary alicyclic amines) is 1. The summed E-state index contributed by atoms with van der Waals surface area (Å²) in [6, 6.07) is 5.68. The molecule has 5 rings (SSSR count). The van der Waals surface area contributed by atoms with Crippen molar-refractivity contribution in [3.8, 4) is 0 Å². The lowest BCUT2D eigenvalue weighted by Crippen LogP contribution is -2.45. The lowest BCUT2D eigenvalue weighted by Gasteiger charge is -2.39. The van der Waals surface area contributed by atoms with Crippen molar-refractivity contribution in [2.45, 2.75) is 37.6 Å². The van der Waals surface area contributed by atoms with Crippen LogP contribution < -0.4 is 4.90 Å². The van der Waals surface area contributed by atoms with E-state index in [-0.39, 0.29) is 11.4 Å². The van der Waals surface area contributed by atoms with E-state index in [2.05, 4.69) is 31.3 Å². The summed E-state index contributed by atoms with van der Waals surface area (Å²) < 4.78 is 1.18. The number of aromatic nitrogens is 3. The Bertz CT molecular complexity index is 991. The third kappa shape index (κ3) is 2.94. The molecular formula is C21H23N5OS. The van der Waals surface area contributed by atoms with E-state index in [1.54, 1.807) is 42.2 Å². The van der Waals surface area contributed by atoms with Gasteiger partial charge in [0.05, 0.1) is 10.2 Å². The maximum Gasteiger partial charge on any atom is 0.253 e. The van der Waals surface area contributed by atoms with Crippen molar-refractivity contribution in [1.82, 2.24) is 19.9 Å². The molecule has 28 heavy (non-hydrogen) atoms. The molecular weight excluding hydrogens is 370 g/mol. The molecule has 144 valence electrons. The van der Waals surface area contributed by atoms with Crippen LogP contribution in [-0.4, -0.2) is 50.9 Å². The molecule has 2 aliphatic heterocycles. The Kier molecular flexibility index (Phi) is 4.47. The second kappa shape index (κ2) is 7.13. The summed E-state index contributed by atoms with van der Waals surface area (Å²) in [4.78, 5) is 30.6. The maximum absolute atomic E-state index is 12.9. The molecule has 0 unspecified atom stereocenters. The summed E-state index contributed by atoms with van der Waals surface area (Å²) in [6.07, 6.45) is 10.5. The van der Waals surface area contributed by atoms with E-state index >= 15 is 0 Å². The largest absolute Gasteiger partial charge is 0.350 e. The summed E-state index contributed by atoms with van der Waals surface area (Å²) in [5.74, 6) is 1.19. The SMILES string of the molecule is O=C(c1ccncc1)N1CCC[C@@]2(CCCN2c2ncnc3ccsc23)CC1. The van der Waals surface area contributed by atoms with Crippen molar-refractivity contribution in [3.63, 3.8) is 0 Å². The zero-order valence-corrected chi connectivity index (χ0v) is 16.6. The van der Waals surface area contributed by atoms with Gasteiger partial charge in [-0.3, -0.25) is 9.78 Å². The van der Waals surface area contributed by atoms with E-state index in [0.29, 0.717) is 0 Å². The van der Waals surface area contributed by atoms with Gasteiger partial charge in [-0.1, -0.05) is 0 Å². The maximum atomic E-state index is 12.9. The molecule has 1 amide bonds. The Balaban J connectivity index is 1.41. The topological polar surface area (TPSA) is 62.2 Å². The van der Waals surface area contributed by atoms with E-state index < -0.39 is 0 Å². The number of nitrogens with zero attached hydrogens (tertiary/aromatic N) is 5. The van der Waals surface area contributed by atoms with Crippen molar-refractivity contribution < 1.29 is 4.79 Å². The van der Waals surface area contributed by atoms with Gasteiger partial charge in [-0.15, -0.1) is 11.3 Å². The number of fused-ring (bicyclic) bond motifs is 1. The standard InChI is InChI=1S/C21H23N5OS/c27-20(16-3-9-22-10-4-16)25-11-1-6-21(8-13-25)7-2-12-26(21)19-18-17(5-14-28-18)23-15-24-19/h3-5,9-10,14-15H,1-2,6-8,11-13H2/t21-/m1/s1. The van der Waals surface area contributed by atoms with E-state index in [1.807, 2.05) is 4.90 Å². The number of thiophene rings is 1. The first kappa shape index (κ1) is 17.6. The molecule has 2 aliphatic rings. The Morgan fingerprint density at radius 2 is 1.82 bits per heavy atom. The number of pyridine rings is 1. The van der Waals surface area contributed by atoms with Crippen molar-refractivity contribution in [3.05, 3.63) is 47.9 Å². The van der Waals surface area contributed by atoms with Gasteiger partial charge < -0.3 is 9.80 Å². The number of carbonyl (C=O) groups excluding carboxylic acids is 1. The Labute approximate surface area is 168 Å². The van der Waals surface area contributed by atoms with Gasteiger partial charge in [-0.2, -0.15) is 0 Å². The van der Waals surface area contributed by atoms with E-state index in [0.717, 1.165) is 55.8 Å². The minimum atomic E-state index is 0.0958. The number of hydrogen-bond acceptors (Lipinski definition) is 6. The third-order valence-electron chi connectivity index (χ3n) is 6.21. The van der Waals surface area contributed by atoms with Gasteiger partial charge in [0.2, 0.25) is 0 Å². The molecule has 6 nitrogen and oxygen atoms in total. The highest BCUT2D eigenvalue weighted by Gasteiger charge is 2.43. The van der Waals surface area contributed by atoms with E-state index in [4.69, 9.17) is 0 Å². The number of rotatable bonds is 2. The minimum Gasteiger partial charge on any atom is -0.350 e. The van der Waals surface area contributed by atoms with Crippen molar-refractivity contribution in [1.29, 1.82) is 0 Å². The Hall–Kier alpha value is -2.54. The molecule has 5 heterocycles. The van der Waals surface area contributed by atoms with Gasteiger partial charge in [-0.25, -0.2) is 9.97 Å². The van der Waals surface area contributed by atoms with Crippen LogP contribution in [0.1, 0.15) is 42.5 Å². The first-order valence-electron chi connectivity index (χ1n) is 9.92. The highest BCUT2D eigenvalue weighted by Crippen LogP contribution is 2.43. The van der Waals surface area contributed by atoms with Crippen LogP contribution in [0.3, 0.4) is 0 Å². The zero-order chi connectivity index (χ0) is 19.0. The quantitative estimate of drug-likeness (QED) is 0.663. The molecule has 0 aliphatic carbocycles. The highest BCUT2D eigenvalue weighted by molar-refractivity contribution is 7.17. The van der Waals surface area contributed by atoms with Gasteiger partial charge in [0.15, 0.2) is 0 Å². The molecule has 0 aromatic carbocycles. The molecule has 3 aromatic heterocycles. The molecule has 2 saturated heterocycles. The fourth-order valence-electron chi connectivity index (χ4n) is 4.82. The second-order valence-electron chi connectivity index (χ2n) is 7.69. The predicted molar refractivity (Wildman–Crippen MR) is 111 cm³/mol. The van der Waals surface area contributed by atoms with Crippen LogP contribution in [0.15, 0.2) is 42.3 Å². The smallest absolute Gasteiger partial charge is 0.253 e. The van der Waals surface area contributed by atoms with Gasteiger partial charge >= 0.3 is 0 Å². The Morgan fingerprint density at radius 3 is 2.68 bits per heavy atom. The van der Waals surface area contributed by atoms with Crippen molar-refractivity contribution >= 4 is 33.3 Å². The Morgan fingerprint density at radius 1 is 1.00 bits per heavy atom. The summed E-state index contributed by atoms with van der Waals surface area (Å²) >= 11 is 1.72. The fraction of sp³-hybridized carbons (Fsp3) is 0.429. The predicted octanol–water partition coefficient (Wildman–Crippen LogP) is 3.75. The van der Waals surface area contributed by atoms with Crippen LogP contribution in [0.4, 0.5) is 5.82 Å². The molecule has 7 heteroatoms. The molecule has 0 saturated carbocycles. The summed E-state index contributed by atoms with van der Waals surface area (Å²) in [6.45, 7) is 2.63. The van der Waals surface area contributed by atoms with E-state index in [1.165, 1.54) is 17.5 Å². The van der Waals surface area contributed by atoms with Crippen LogP contribution in [0, 0.1) is 0 Å². The number of carbonyl (C=O) groups is 1. The lowest BCUT2D eigenvalue weighted by molar-refractivity contribution is 0.0759. The van der Waals surface area contributed by atoms with Crippen molar-refractivity contribution in [2.75, 3.05) is 24.5 Å². The van der Waals surface area contributed by atoms with Crippen LogP contribution in [0.2, 0.25) is 0 Å². The zero-order valence-electron chi connectivity index (χ0n) is 15.8. The molecule has 0 bridgehead atoms. The molecule has 2 fully saturated rings. The van der Waals surface area contributed by atoms with Gasteiger partial charge in [0.1, 0.15) is 12.1 Å².